The van der Waals surface area contributed by atoms with Crippen LogP contribution in [-0.2, 0) is 4.74 Å². The van der Waals surface area contributed by atoms with Gasteiger partial charge >= 0.3 is 5.97 Å². The zero-order chi connectivity index (χ0) is 19.7. The fraction of sp³-hybridized carbons (Fsp3) is 0.348. The summed E-state index contributed by atoms with van der Waals surface area (Å²) in [5.41, 5.74) is 3.86. The molecule has 1 aliphatic heterocycles. The maximum Gasteiger partial charge on any atom is 0.338 e. The Morgan fingerprint density at radius 3 is 2.75 bits per heavy atom. The van der Waals surface area contributed by atoms with Crippen LogP contribution in [0.4, 0.5) is 5.69 Å². The molecule has 2 aliphatic rings. The average molecular weight is 379 g/mol. The molecule has 0 saturated heterocycles. The topological polar surface area (TPSA) is 56.8 Å². The van der Waals surface area contributed by atoms with Gasteiger partial charge in [-0.15, -0.1) is 0 Å². The molecular weight excluding hydrogens is 354 g/mol. The Kier molecular flexibility index (Phi) is 4.99. The molecule has 4 rings (SSSR count). The molecule has 2 aromatic carbocycles. The third-order valence-electron chi connectivity index (χ3n) is 5.64. The predicted molar refractivity (Wildman–Crippen MR) is 108 cm³/mol. The first kappa shape index (κ1) is 18.4. The third kappa shape index (κ3) is 3.01. The number of nitrogens with one attached hydrogen (secondary N) is 1. The molecule has 0 amide bonds. The Hall–Kier alpha value is -2.95. The van der Waals surface area contributed by atoms with Crippen LogP contribution in [0.25, 0.3) is 0 Å². The number of esters is 1. The molecule has 5 heteroatoms. The van der Waals surface area contributed by atoms with E-state index in [0.29, 0.717) is 18.1 Å². The minimum atomic E-state index is -0.277. The number of para-hydroxylation sites is 1. The molecule has 1 N–H and O–H groups in total. The molecule has 0 aromatic heterocycles. The Balaban J connectivity index is 1.75. The van der Waals surface area contributed by atoms with E-state index in [2.05, 4.69) is 23.5 Å². The minimum Gasteiger partial charge on any atom is -0.493 e. The quantitative estimate of drug-likeness (QED) is 0.602. The number of fused-ring (bicyclic) bond motifs is 3. The average Bonchev–Trinajstić information content (AvgIpc) is 3.22. The summed E-state index contributed by atoms with van der Waals surface area (Å²) in [5.74, 6) is 1.80. The Labute approximate surface area is 165 Å². The maximum absolute atomic E-state index is 12.2. The van der Waals surface area contributed by atoms with Crippen LogP contribution in [0.5, 0.6) is 11.5 Å². The van der Waals surface area contributed by atoms with Gasteiger partial charge in [-0.3, -0.25) is 0 Å². The van der Waals surface area contributed by atoms with E-state index in [9.17, 15) is 4.79 Å². The van der Waals surface area contributed by atoms with Crippen molar-refractivity contribution in [2.24, 2.45) is 5.92 Å². The number of hydrogen-bond acceptors (Lipinski definition) is 5. The summed E-state index contributed by atoms with van der Waals surface area (Å²) in [4.78, 5) is 12.2. The van der Waals surface area contributed by atoms with Crippen molar-refractivity contribution < 1.29 is 19.0 Å². The number of carbonyl (C=O) groups is 1. The first-order valence-corrected chi connectivity index (χ1v) is 9.63. The lowest BCUT2D eigenvalue weighted by molar-refractivity contribution is 0.0526. The number of allylic oxidation sites excluding steroid dienone is 2. The van der Waals surface area contributed by atoms with E-state index in [-0.39, 0.29) is 17.9 Å². The highest BCUT2D eigenvalue weighted by atomic mass is 16.5. The summed E-state index contributed by atoms with van der Waals surface area (Å²) in [6.45, 7) is 2.19. The molecule has 5 nitrogen and oxygen atoms in total. The van der Waals surface area contributed by atoms with Crippen LogP contribution in [-0.4, -0.2) is 26.8 Å². The molecule has 0 unspecified atom stereocenters. The Morgan fingerprint density at radius 1 is 1.14 bits per heavy atom. The number of hydrogen-bond donors (Lipinski definition) is 1. The summed E-state index contributed by atoms with van der Waals surface area (Å²) >= 11 is 0. The highest BCUT2D eigenvalue weighted by Crippen LogP contribution is 2.52. The summed E-state index contributed by atoms with van der Waals surface area (Å²) in [6, 6.07) is 11.8. The lowest BCUT2D eigenvalue weighted by atomic mass is 9.76. The number of carbonyl (C=O) groups excluding carboxylic acids is 1. The molecule has 1 aliphatic carbocycles. The van der Waals surface area contributed by atoms with E-state index in [1.54, 1.807) is 14.2 Å². The van der Waals surface area contributed by atoms with Gasteiger partial charge < -0.3 is 19.5 Å². The SMILES string of the molecule is CCOC(=O)c1ccc2c(c1)[C@H]1C=CC[C@@H]1[C@H](c1cccc(OC)c1OC)N2. The van der Waals surface area contributed by atoms with Gasteiger partial charge in [0.25, 0.3) is 0 Å². The smallest absolute Gasteiger partial charge is 0.338 e. The van der Waals surface area contributed by atoms with Gasteiger partial charge in [0.2, 0.25) is 0 Å². The van der Waals surface area contributed by atoms with Gasteiger partial charge in [-0.25, -0.2) is 4.79 Å². The van der Waals surface area contributed by atoms with Gasteiger partial charge in [0.1, 0.15) is 0 Å². The van der Waals surface area contributed by atoms with E-state index in [0.717, 1.165) is 34.7 Å². The molecule has 2 aromatic rings. The number of anilines is 1. The van der Waals surface area contributed by atoms with Crippen molar-refractivity contribution in [1.29, 1.82) is 0 Å². The maximum atomic E-state index is 12.2. The van der Waals surface area contributed by atoms with Crippen molar-refractivity contribution in [2.45, 2.75) is 25.3 Å². The molecule has 0 bridgehead atoms. The highest BCUT2D eigenvalue weighted by Gasteiger charge is 2.39. The van der Waals surface area contributed by atoms with Crippen LogP contribution < -0.4 is 14.8 Å². The van der Waals surface area contributed by atoms with Crippen LogP contribution in [0.3, 0.4) is 0 Å². The third-order valence-corrected chi connectivity index (χ3v) is 5.64. The van der Waals surface area contributed by atoms with Gasteiger partial charge in [-0.05, 0) is 49.1 Å². The van der Waals surface area contributed by atoms with Crippen molar-refractivity contribution in [3.63, 3.8) is 0 Å². The molecule has 1 heterocycles. The Morgan fingerprint density at radius 2 is 2.00 bits per heavy atom. The molecular formula is C23H25NO4. The molecule has 0 saturated carbocycles. The second-order valence-electron chi connectivity index (χ2n) is 7.08. The lowest BCUT2D eigenvalue weighted by Crippen LogP contribution is -2.29. The number of rotatable bonds is 5. The summed E-state index contributed by atoms with van der Waals surface area (Å²) < 4.78 is 16.4. The standard InChI is InChI=1S/C23H25NO4/c1-4-28-23(25)14-11-12-19-18(13-14)15-7-5-8-16(15)21(24-19)17-9-6-10-20(26-2)22(17)27-3/h5-7,9-13,15-16,21,24H,4,8H2,1-3H3/t15-,16-,21+/m0/s1. The summed E-state index contributed by atoms with van der Waals surface area (Å²) in [5, 5.41) is 3.68. The molecule has 0 radical (unpaired) electrons. The largest absolute Gasteiger partial charge is 0.493 e. The molecule has 146 valence electrons. The molecule has 0 spiro atoms. The normalized spacial score (nSPS) is 22.0. The second kappa shape index (κ2) is 7.58. The predicted octanol–water partition coefficient (Wildman–Crippen LogP) is 4.71. The number of benzene rings is 2. The highest BCUT2D eigenvalue weighted by molar-refractivity contribution is 5.90. The van der Waals surface area contributed by atoms with Gasteiger partial charge in [0, 0.05) is 17.2 Å². The van der Waals surface area contributed by atoms with Crippen LogP contribution >= 0.6 is 0 Å². The van der Waals surface area contributed by atoms with Gasteiger partial charge in [-0.2, -0.15) is 0 Å². The van der Waals surface area contributed by atoms with Crippen LogP contribution in [0.2, 0.25) is 0 Å². The number of ether oxygens (including phenoxy) is 3. The van der Waals surface area contributed by atoms with E-state index in [4.69, 9.17) is 14.2 Å². The first-order valence-electron chi connectivity index (χ1n) is 9.63. The van der Waals surface area contributed by atoms with Crippen molar-refractivity contribution in [2.75, 3.05) is 26.1 Å². The van der Waals surface area contributed by atoms with E-state index >= 15 is 0 Å². The zero-order valence-electron chi connectivity index (χ0n) is 16.4. The molecule has 0 fully saturated rings. The van der Waals surface area contributed by atoms with Crippen molar-refractivity contribution in [3.8, 4) is 11.5 Å². The fourth-order valence-corrected chi connectivity index (χ4v) is 4.40. The summed E-state index contributed by atoms with van der Waals surface area (Å²) in [6.07, 6.45) is 5.44. The molecule has 3 atom stereocenters. The lowest BCUT2D eigenvalue weighted by Gasteiger charge is -2.38. The van der Waals surface area contributed by atoms with Gasteiger partial charge in [-0.1, -0.05) is 24.3 Å². The van der Waals surface area contributed by atoms with E-state index in [1.807, 2.05) is 37.3 Å². The fourth-order valence-electron chi connectivity index (χ4n) is 4.40. The van der Waals surface area contributed by atoms with Gasteiger partial charge in [0.15, 0.2) is 11.5 Å². The van der Waals surface area contributed by atoms with E-state index in [1.165, 1.54) is 0 Å². The van der Waals surface area contributed by atoms with Crippen LogP contribution in [0.1, 0.15) is 46.8 Å². The van der Waals surface area contributed by atoms with Crippen LogP contribution in [0, 0.1) is 5.92 Å². The monoisotopic (exact) mass is 379 g/mol. The molecule has 28 heavy (non-hydrogen) atoms. The second-order valence-corrected chi connectivity index (χ2v) is 7.08. The van der Waals surface area contributed by atoms with Crippen molar-refractivity contribution >= 4 is 11.7 Å². The van der Waals surface area contributed by atoms with Gasteiger partial charge in [0.05, 0.1) is 32.4 Å². The van der Waals surface area contributed by atoms with Crippen molar-refractivity contribution in [1.82, 2.24) is 0 Å². The van der Waals surface area contributed by atoms with E-state index < -0.39 is 0 Å². The minimum absolute atomic E-state index is 0.0889. The van der Waals surface area contributed by atoms with Crippen molar-refractivity contribution in [3.05, 3.63) is 65.2 Å². The van der Waals surface area contributed by atoms with Crippen LogP contribution in [0.15, 0.2) is 48.6 Å². The Bertz CT molecular complexity index is 921. The first-order chi connectivity index (χ1) is 13.7. The zero-order valence-corrected chi connectivity index (χ0v) is 16.4. The summed E-state index contributed by atoms with van der Waals surface area (Å²) in [7, 11) is 3.33. The number of methoxy groups -OCH3 is 2.